The van der Waals surface area contributed by atoms with Gasteiger partial charge in [-0.15, -0.1) is 0 Å². The summed E-state index contributed by atoms with van der Waals surface area (Å²) >= 11 is 0. The molecular weight excluding hydrogens is 238 g/mol. The van der Waals surface area contributed by atoms with Crippen LogP contribution in [0.3, 0.4) is 0 Å². The molecule has 2 aromatic rings. The van der Waals surface area contributed by atoms with Gasteiger partial charge in [-0.05, 0) is 25.0 Å². The predicted octanol–water partition coefficient (Wildman–Crippen LogP) is 2.01. The van der Waals surface area contributed by atoms with Crippen LogP contribution >= 0.6 is 0 Å². The Kier molecular flexibility index (Phi) is 3.07. The highest BCUT2D eigenvalue weighted by Crippen LogP contribution is 2.22. The molecule has 0 radical (unpaired) electrons. The average molecular weight is 251 g/mol. The van der Waals surface area contributed by atoms with Gasteiger partial charge in [0.2, 0.25) is 0 Å². The van der Waals surface area contributed by atoms with Crippen LogP contribution in [0.25, 0.3) is 11.4 Å². The molecule has 1 aliphatic rings. The van der Waals surface area contributed by atoms with Gasteiger partial charge in [0.15, 0.2) is 5.82 Å². The summed E-state index contributed by atoms with van der Waals surface area (Å²) in [5.41, 5.74) is 1.29. The zero-order valence-corrected chi connectivity index (χ0v) is 10.5. The molecule has 3 heterocycles. The maximum absolute atomic E-state index is 9.11. The number of nitrogens with zero attached hydrogens (tertiary/aromatic N) is 5. The number of rotatable bonds is 2. The highest BCUT2D eigenvalue weighted by molar-refractivity contribution is 5.58. The average Bonchev–Trinajstić information content (AvgIpc) is 3.02. The van der Waals surface area contributed by atoms with E-state index in [-0.39, 0.29) is 0 Å². The summed E-state index contributed by atoms with van der Waals surface area (Å²) in [4.78, 5) is 15.0. The monoisotopic (exact) mass is 251 g/mol. The Labute approximate surface area is 111 Å². The van der Waals surface area contributed by atoms with Crippen molar-refractivity contribution in [2.24, 2.45) is 0 Å². The molecular formula is C14H13N5. The van der Waals surface area contributed by atoms with E-state index in [1.54, 1.807) is 18.5 Å². The lowest BCUT2D eigenvalue weighted by Gasteiger charge is -2.17. The Balaban J connectivity index is 2.05. The molecule has 0 spiro atoms. The topological polar surface area (TPSA) is 65.7 Å². The Morgan fingerprint density at radius 1 is 1.11 bits per heavy atom. The van der Waals surface area contributed by atoms with Crippen molar-refractivity contribution in [1.29, 1.82) is 5.26 Å². The molecule has 5 nitrogen and oxygen atoms in total. The lowest BCUT2D eigenvalue weighted by atomic mass is 10.2. The summed E-state index contributed by atoms with van der Waals surface area (Å²) in [6.07, 6.45) is 5.76. The van der Waals surface area contributed by atoms with Crippen molar-refractivity contribution in [3.8, 4) is 17.5 Å². The third-order valence-electron chi connectivity index (χ3n) is 3.20. The van der Waals surface area contributed by atoms with Crippen LogP contribution in [0, 0.1) is 11.3 Å². The first-order chi connectivity index (χ1) is 9.36. The maximum atomic E-state index is 9.11. The van der Waals surface area contributed by atoms with Crippen LogP contribution < -0.4 is 4.90 Å². The minimum Gasteiger partial charge on any atom is -0.356 e. The minimum absolute atomic E-state index is 0.406. The van der Waals surface area contributed by atoms with E-state index < -0.39 is 0 Å². The molecule has 3 rings (SSSR count). The Bertz CT molecular complexity index is 611. The van der Waals surface area contributed by atoms with Crippen molar-refractivity contribution in [2.75, 3.05) is 18.0 Å². The normalized spacial score (nSPS) is 14.4. The van der Waals surface area contributed by atoms with Crippen LogP contribution in [0.5, 0.6) is 0 Å². The van der Waals surface area contributed by atoms with Gasteiger partial charge < -0.3 is 4.90 Å². The summed E-state index contributed by atoms with van der Waals surface area (Å²) < 4.78 is 0. The Morgan fingerprint density at radius 2 is 1.84 bits per heavy atom. The second kappa shape index (κ2) is 5.02. The van der Waals surface area contributed by atoms with Crippen molar-refractivity contribution >= 4 is 5.82 Å². The molecule has 0 aliphatic carbocycles. The van der Waals surface area contributed by atoms with E-state index in [1.165, 1.54) is 12.8 Å². The SMILES string of the molecule is N#Cc1cc(N2CCCC2)nc(-c2ccncc2)n1. The first-order valence-electron chi connectivity index (χ1n) is 6.31. The quantitative estimate of drug-likeness (QED) is 0.816. The standard InChI is InChI=1S/C14H13N5/c15-10-12-9-13(19-7-1-2-8-19)18-14(17-12)11-3-5-16-6-4-11/h3-6,9H,1-2,7-8H2. The van der Waals surface area contributed by atoms with Crippen molar-refractivity contribution in [3.05, 3.63) is 36.3 Å². The zero-order valence-electron chi connectivity index (χ0n) is 10.5. The highest BCUT2D eigenvalue weighted by Gasteiger charge is 2.16. The number of hydrogen-bond donors (Lipinski definition) is 0. The third-order valence-corrected chi connectivity index (χ3v) is 3.20. The van der Waals surface area contributed by atoms with Crippen LogP contribution in [-0.2, 0) is 0 Å². The van der Waals surface area contributed by atoms with Gasteiger partial charge in [-0.25, -0.2) is 9.97 Å². The Hall–Kier alpha value is -2.48. The van der Waals surface area contributed by atoms with E-state index in [9.17, 15) is 0 Å². The largest absolute Gasteiger partial charge is 0.356 e. The lowest BCUT2D eigenvalue weighted by Crippen LogP contribution is -2.19. The van der Waals surface area contributed by atoms with E-state index in [0.29, 0.717) is 11.5 Å². The van der Waals surface area contributed by atoms with Crippen LogP contribution in [0.1, 0.15) is 18.5 Å². The van der Waals surface area contributed by atoms with Crippen molar-refractivity contribution in [2.45, 2.75) is 12.8 Å². The summed E-state index contributed by atoms with van der Waals surface area (Å²) in [7, 11) is 0. The van der Waals surface area contributed by atoms with E-state index in [0.717, 1.165) is 24.5 Å². The first-order valence-corrected chi connectivity index (χ1v) is 6.31. The molecule has 1 fully saturated rings. The second-order valence-corrected chi connectivity index (χ2v) is 4.48. The van der Waals surface area contributed by atoms with Gasteiger partial charge in [0.1, 0.15) is 17.6 Å². The van der Waals surface area contributed by atoms with Crippen LogP contribution in [-0.4, -0.2) is 28.0 Å². The van der Waals surface area contributed by atoms with Gasteiger partial charge in [0, 0.05) is 37.1 Å². The number of pyridine rings is 1. The Morgan fingerprint density at radius 3 is 2.53 bits per heavy atom. The molecule has 19 heavy (non-hydrogen) atoms. The fourth-order valence-corrected chi connectivity index (χ4v) is 2.23. The number of hydrogen-bond acceptors (Lipinski definition) is 5. The van der Waals surface area contributed by atoms with Gasteiger partial charge in [0.25, 0.3) is 0 Å². The minimum atomic E-state index is 0.406. The number of nitriles is 1. The number of anilines is 1. The fourth-order valence-electron chi connectivity index (χ4n) is 2.23. The van der Waals surface area contributed by atoms with E-state index in [1.807, 2.05) is 12.1 Å². The highest BCUT2D eigenvalue weighted by atomic mass is 15.2. The van der Waals surface area contributed by atoms with Gasteiger partial charge >= 0.3 is 0 Å². The van der Waals surface area contributed by atoms with Crippen LogP contribution in [0.15, 0.2) is 30.6 Å². The van der Waals surface area contributed by atoms with Crippen LogP contribution in [0.4, 0.5) is 5.82 Å². The third kappa shape index (κ3) is 2.38. The van der Waals surface area contributed by atoms with Crippen molar-refractivity contribution < 1.29 is 0 Å². The van der Waals surface area contributed by atoms with E-state index in [2.05, 4.69) is 25.9 Å². The summed E-state index contributed by atoms with van der Waals surface area (Å²) in [6.45, 7) is 2.00. The molecule has 0 N–H and O–H groups in total. The van der Waals surface area contributed by atoms with Gasteiger partial charge in [-0.1, -0.05) is 0 Å². The van der Waals surface area contributed by atoms with E-state index >= 15 is 0 Å². The molecule has 1 saturated heterocycles. The van der Waals surface area contributed by atoms with E-state index in [4.69, 9.17) is 5.26 Å². The van der Waals surface area contributed by atoms with Gasteiger partial charge in [0.05, 0.1) is 0 Å². The smallest absolute Gasteiger partial charge is 0.163 e. The molecule has 5 heteroatoms. The molecule has 0 atom stereocenters. The van der Waals surface area contributed by atoms with Crippen LogP contribution in [0.2, 0.25) is 0 Å². The summed E-state index contributed by atoms with van der Waals surface area (Å²) in [5.74, 6) is 1.43. The summed E-state index contributed by atoms with van der Waals surface area (Å²) in [5, 5.41) is 9.11. The number of aromatic nitrogens is 3. The fraction of sp³-hybridized carbons (Fsp3) is 0.286. The van der Waals surface area contributed by atoms with Gasteiger partial charge in [-0.2, -0.15) is 5.26 Å². The molecule has 0 saturated carbocycles. The van der Waals surface area contributed by atoms with Gasteiger partial charge in [-0.3, -0.25) is 4.98 Å². The van der Waals surface area contributed by atoms with Crippen molar-refractivity contribution in [1.82, 2.24) is 15.0 Å². The maximum Gasteiger partial charge on any atom is 0.163 e. The first kappa shape index (κ1) is 11.6. The molecule has 0 aromatic carbocycles. The predicted molar refractivity (Wildman–Crippen MR) is 71.4 cm³/mol. The zero-order chi connectivity index (χ0) is 13.1. The second-order valence-electron chi connectivity index (χ2n) is 4.48. The van der Waals surface area contributed by atoms with Crippen molar-refractivity contribution in [3.63, 3.8) is 0 Å². The molecule has 1 aliphatic heterocycles. The summed E-state index contributed by atoms with van der Waals surface area (Å²) in [6, 6.07) is 7.57. The molecule has 2 aromatic heterocycles. The molecule has 94 valence electrons. The lowest BCUT2D eigenvalue weighted by molar-refractivity contribution is 0.927. The molecule has 0 unspecified atom stereocenters. The molecule has 0 amide bonds. The molecule has 0 bridgehead atoms.